The van der Waals surface area contributed by atoms with E-state index in [2.05, 4.69) is 12.2 Å². The third kappa shape index (κ3) is 7.27. The minimum Gasteiger partial charge on any atom is -0.399 e. The molecule has 0 aromatic heterocycles. The maximum absolute atomic E-state index is 11.9. The minimum absolute atomic E-state index is 0.0339. The number of amides is 1. The first-order valence-electron chi connectivity index (χ1n) is 7.54. The number of aryl methyl sites for hydroxylation is 1. The summed E-state index contributed by atoms with van der Waals surface area (Å²) in [4.78, 5) is 11.9. The van der Waals surface area contributed by atoms with Crippen molar-refractivity contribution < 1.29 is 9.00 Å². The molecule has 0 fully saturated rings. The largest absolute Gasteiger partial charge is 0.399 e. The number of carbonyl (C=O) groups excluding carboxylic acids is 1. The van der Waals surface area contributed by atoms with Gasteiger partial charge < -0.3 is 11.1 Å². The number of unbranched alkanes of at least 4 members (excludes halogenated alkanes) is 2. The quantitative estimate of drug-likeness (QED) is 0.543. The van der Waals surface area contributed by atoms with E-state index in [0.717, 1.165) is 36.3 Å². The Balaban J connectivity index is 2.26. The Morgan fingerprint density at radius 2 is 1.95 bits per heavy atom. The molecule has 1 aromatic carbocycles. The monoisotopic (exact) mass is 310 g/mol. The van der Waals surface area contributed by atoms with E-state index in [0.29, 0.717) is 24.3 Å². The molecule has 1 amide bonds. The van der Waals surface area contributed by atoms with Crippen molar-refractivity contribution in [3.63, 3.8) is 0 Å². The second-order valence-corrected chi connectivity index (χ2v) is 6.98. The summed E-state index contributed by atoms with van der Waals surface area (Å²) >= 11 is 0. The Hall–Kier alpha value is -1.36. The van der Waals surface area contributed by atoms with Gasteiger partial charge in [-0.15, -0.1) is 0 Å². The summed E-state index contributed by atoms with van der Waals surface area (Å²) in [5.41, 5.74) is 8.10. The molecule has 0 aliphatic heterocycles. The summed E-state index contributed by atoms with van der Waals surface area (Å²) in [6, 6.07) is 5.41. The molecular formula is C16H26N2O2S. The summed E-state index contributed by atoms with van der Waals surface area (Å²) in [5.74, 6) is 1.33. The molecule has 0 heterocycles. The van der Waals surface area contributed by atoms with E-state index >= 15 is 0 Å². The molecule has 5 heteroatoms. The third-order valence-corrected chi connectivity index (χ3v) is 4.76. The van der Waals surface area contributed by atoms with Crippen molar-refractivity contribution in [3.05, 3.63) is 23.8 Å². The highest BCUT2D eigenvalue weighted by molar-refractivity contribution is 7.84. The van der Waals surface area contributed by atoms with Crippen LogP contribution in [0.3, 0.4) is 0 Å². The molecular weight excluding hydrogens is 284 g/mol. The summed E-state index contributed by atoms with van der Waals surface area (Å²) in [7, 11) is -0.788. The Bertz CT molecular complexity index is 489. The second-order valence-electron chi connectivity index (χ2n) is 5.28. The molecule has 0 radical (unpaired) electrons. The fourth-order valence-electron chi connectivity index (χ4n) is 2.05. The number of anilines is 2. The Kier molecular flexibility index (Phi) is 8.05. The lowest BCUT2D eigenvalue weighted by atomic mass is 10.1. The van der Waals surface area contributed by atoms with Crippen LogP contribution in [0.15, 0.2) is 18.2 Å². The maximum atomic E-state index is 11.9. The molecule has 0 spiro atoms. The number of rotatable bonds is 9. The van der Waals surface area contributed by atoms with Crippen LogP contribution in [0.25, 0.3) is 0 Å². The predicted octanol–water partition coefficient (Wildman–Crippen LogP) is 3.23. The van der Waals surface area contributed by atoms with E-state index < -0.39 is 10.8 Å². The predicted molar refractivity (Wildman–Crippen MR) is 90.9 cm³/mol. The fraction of sp³-hybridized carbons (Fsp3) is 0.562. The lowest BCUT2D eigenvalue weighted by Gasteiger charge is -2.09. The molecule has 0 aliphatic rings. The number of nitrogens with two attached hydrogens (primary N) is 1. The molecule has 118 valence electrons. The van der Waals surface area contributed by atoms with Crippen molar-refractivity contribution in [3.8, 4) is 0 Å². The number of hydrogen-bond donors (Lipinski definition) is 2. The topological polar surface area (TPSA) is 72.2 Å². The van der Waals surface area contributed by atoms with Gasteiger partial charge >= 0.3 is 0 Å². The van der Waals surface area contributed by atoms with E-state index in [1.54, 1.807) is 6.07 Å². The molecule has 21 heavy (non-hydrogen) atoms. The van der Waals surface area contributed by atoms with Crippen molar-refractivity contribution in [1.29, 1.82) is 0 Å². The highest BCUT2D eigenvalue weighted by Crippen LogP contribution is 2.17. The molecule has 0 saturated heterocycles. The van der Waals surface area contributed by atoms with Crippen molar-refractivity contribution in [2.24, 2.45) is 0 Å². The molecule has 3 N–H and O–H groups in total. The molecule has 1 aromatic rings. The number of hydrogen-bond acceptors (Lipinski definition) is 3. The van der Waals surface area contributed by atoms with Gasteiger partial charge in [-0.3, -0.25) is 9.00 Å². The van der Waals surface area contributed by atoms with E-state index in [1.165, 1.54) is 0 Å². The average Bonchev–Trinajstić information content (AvgIpc) is 2.42. The van der Waals surface area contributed by atoms with Gasteiger partial charge in [-0.2, -0.15) is 0 Å². The van der Waals surface area contributed by atoms with Gasteiger partial charge in [-0.25, -0.2) is 0 Å². The first kappa shape index (κ1) is 17.7. The maximum Gasteiger partial charge on any atom is 0.224 e. The van der Waals surface area contributed by atoms with Crippen molar-refractivity contribution in [1.82, 2.24) is 0 Å². The van der Waals surface area contributed by atoms with Gasteiger partial charge in [-0.1, -0.05) is 19.8 Å². The lowest BCUT2D eigenvalue weighted by molar-refractivity contribution is -0.116. The van der Waals surface area contributed by atoms with Gasteiger partial charge in [0.15, 0.2) is 0 Å². The SMILES string of the molecule is CCCCCS(=O)CCCC(=O)Nc1ccc(N)cc1C. The first-order chi connectivity index (χ1) is 10.0. The third-order valence-electron chi connectivity index (χ3n) is 3.28. The highest BCUT2D eigenvalue weighted by atomic mass is 32.2. The Morgan fingerprint density at radius 3 is 2.62 bits per heavy atom. The minimum atomic E-state index is -0.788. The lowest BCUT2D eigenvalue weighted by Crippen LogP contribution is -2.14. The second kappa shape index (κ2) is 9.55. The van der Waals surface area contributed by atoms with Crippen LogP contribution in [-0.4, -0.2) is 21.6 Å². The summed E-state index contributed by atoms with van der Waals surface area (Å²) in [6.45, 7) is 4.04. The van der Waals surface area contributed by atoms with E-state index in [1.807, 2.05) is 19.1 Å². The normalized spacial score (nSPS) is 12.1. The van der Waals surface area contributed by atoms with Crippen LogP contribution < -0.4 is 11.1 Å². The zero-order chi connectivity index (χ0) is 15.7. The van der Waals surface area contributed by atoms with Crippen LogP contribution in [0.1, 0.15) is 44.6 Å². The van der Waals surface area contributed by atoms with Crippen LogP contribution in [0.5, 0.6) is 0 Å². The molecule has 1 rings (SSSR count). The van der Waals surface area contributed by atoms with Crippen LogP contribution >= 0.6 is 0 Å². The van der Waals surface area contributed by atoms with Gasteiger partial charge in [0.05, 0.1) is 0 Å². The smallest absolute Gasteiger partial charge is 0.224 e. The Morgan fingerprint density at radius 1 is 1.24 bits per heavy atom. The number of benzene rings is 1. The molecule has 0 bridgehead atoms. The van der Waals surface area contributed by atoms with Crippen LogP contribution in [-0.2, 0) is 15.6 Å². The van der Waals surface area contributed by atoms with Crippen molar-refractivity contribution >= 4 is 28.1 Å². The summed E-state index contributed by atoms with van der Waals surface area (Å²) in [6.07, 6.45) is 4.35. The molecule has 4 nitrogen and oxygen atoms in total. The van der Waals surface area contributed by atoms with E-state index in [4.69, 9.17) is 5.73 Å². The van der Waals surface area contributed by atoms with Crippen LogP contribution in [0.2, 0.25) is 0 Å². The summed E-state index contributed by atoms with van der Waals surface area (Å²) in [5, 5.41) is 2.87. The highest BCUT2D eigenvalue weighted by Gasteiger charge is 2.06. The molecule has 1 atom stereocenters. The molecule has 1 unspecified atom stereocenters. The van der Waals surface area contributed by atoms with Crippen molar-refractivity contribution in [2.45, 2.75) is 46.0 Å². The number of carbonyl (C=O) groups is 1. The summed E-state index contributed by atoms with van der Waals surface area (Å²) < 4.78 is 11.7. The molecule has 0 aliphatic carbocycles. The Labute approximate surface area is 130 Å². The molecule has 0 saturated carbocycles. The van der Waals surface area contributed by atoms with E-state index in [-0.39, 0.29) is 5.91 Å². The fourth-order valence-corrected chi connectivity index (χ4v) is 3.25. The number of nitrogen functional groups attached to an aromatic ring is 1. The van der Waals surface area contributed by atoms with Crippen molar-refractivity contribution in [2.75, 3.05) is 22.6 Å². The zero-order valence-corrected chi connectivity index (χ0v) is 13.8. The van der Waals surface area contributed by atoms with E-state index in [9.17, 15) is 9.00 Å². The van der Waals surface area contributed by atoms with Gasteiger partial charge in [-0.05, 0) is 43.5 Å². The number of nitrogens with one attached hydrogen (secondary N) is 1. The van der Waals surface area contributed by atoms with Crippen LogP contribution in [0.4, 0.5) is 11.4 Å². The first-order valence-corrected chi connectivity index (χ1v) is 9.02. The zero-order valence-electron chi connectivity index (χ0n) is 13.0. The van der Waals surface area contributed by atoms with Gasteiger partial charge in [0.2, 0.25) is 5.91 Å². The van der Waals surface area contributed by atoms with Gasteiger partial charge in [0, 0.05) is 40.1 Å². The standard InChI is InChI=1S/C16H26N2O2S/c1-3-4-5-10-21(20)11-6-7-16(19)18-15-9-8-14(17)12-13(15)2/h8-9,12H,3-7,10-11,17H2,1-2H3,(H,18,19). The van der Waals surface area contributed by atoms with Crippen LogP contribution in [0, 0.1) is 6.92 Å². The average molecular weight is 310 g/mol. The van der Waals surface area contributed by atoms with Gasteiger partial charge in [0.25, 0.3) is 0 Å². The van der Waals surface area contributed by atoms with Gasteiger partial charge in [0.1, 0.15) is 0 Å².